The van der Waals surface area contributed by atoms with E-state index in [0.717, 1.165) is 0 Å². The first-order chi connectivity index (χ1) is 9.50. The maximum absolute atomic E-state index is 13.3. The van der Waals surface area contributed by atoms with Gasteiger partial charge in [0.1, 0.15) is 5.82 Å². The molecule has 3 nitrogen and oxygen atoms in total. The molecule has 0 aliphatic rings. The van der Waals surface area contributed by atoms with Gasteiger partial charge in [0.25, 0.3) is 0 Å². The molecule has 6 heteroatoms. The lowest BCUT2D eigenvalue weighted by Crippen LogP contribution is -2.02. The molecule has 0 aliphatic carbocycles. The van der Waals surface area contributed by atoms with Gasteiger partial charge in [-0.25, -0.2) is 12.8 Å². The number of hydrogen-bond acceptors (Lipinski definition) is 2. The summed E-state index contributed by atoms with van der Waals surface area (Å²) in [6.07, 6.45) is 0. The van der Waals surface area contributed by atoms with E-state index in [1.165, 1.54) is 30.3 Å². The standard InChI is InChI=1S/C14H9BrFNO2S/c15-13-11-8-9(16)6-7-12(11)17-14(13)20(18,19)10-4-2-1-3-5-10/h1-8,17H. The Kier molecular flexibility index (Phi) is 3.14. The van der Waals surface area contributed by atoms with Crippen LogP contribution in [0.25, 0.3) is 10.9 Å². The van der Waals surface area contributed by atoms with Gasteiger partial charge in [0.05, 0.1) is 9.37 Å². The van der Waals surface area contributed by atoms with Crippen LogP contribution in [0.2, 0.25) is 0 Å². The zero-order chi connectivity index (χ0) is 14.3. The molecule has 0 fully saturated rings. The highest BCUT2D eigenvalue weighted by Crippen LogP contribution is 2.34. The minimum Gasteiger partial charge on any atom is -0.344 e. The maximum Gasteiger partial charge on any atom is 0.222 e. The number of nitrogens with one attached hydrogen (secondary N) is 1. The number of sulfone groups is 1. The molecule has 2 aromatic carbocycles. The summed E-state index contributed by atoms with van der Waals surface area (Å²) in [4.78, 5) is 3.02. The minimum atomic E-state index is -3.67. The molecule has 0 atom stereocenters. The molecule has 0 aliphatic heterocycles. The van der Waals surface area contributed by atoms with E-state index in [1.807, 2.05) is 0 Å². The molecule has 102 valence electrons. The summed E-state index contributed by atoms with van der Waals surface area (Å²) in [7, 11) is -3.67. The van der Waals surface area contributed by atoms with E-state index in [1.54, 1.807) is 18.2 Å². The molecule has 3 aromatic rings. The van der Waals surface area contributed by atoms with Crippen molar-refractivity contribution in [3.8, 4) is 0 Å². The number of rotatable bonds is 2. The second kappa shape index (κ2) is 4.71. The summed E-state index contributed by atoms with van der Waals surface area (Å²) < 4.78 is 38.7. The molecule has 20 heavy (non-hydrogen) atoms. The van der Waals surface area contributed by atoms with Crippen molar-refractivity contribution in [2.24, 2.45) is 0 Å². The average Bonchev–Trinajstić information content (AvgIpc) is 2.78. The van der Waals surface area contributed by atoms with Crippen LogP contribution in [0.3, 0.4) is 0 Å². The Hall–Kier alpha value is -1.66. The fourth-order valence-corrected chi connectivity index (χ4v) is 4.42. The van der Waals surface area contributed by atoms with E-state index < -0.39 is 15.7 Å². The van der Waals surface area contributed by atoms with Crippen molar-refractivity contribution in [3.63, 3.8) is 0 Å². The van der Waals surface area contributed by atoms with E-state index >= 15 is 0 Å². The van der Waals surface area contributed by atoms with Gasteiger partial charge in [0.2, 0.25) is 9.84 Å². The van der Waals surface area contributed by atoms with Crippen molar-refractivity contribution in [1.29, 1.82) is 0 Å². The Balaban J connectivity index is 2.28. The molecule has 0 saturated heterocycles. The van der Waals surface area contributed by atoms with Crippen LogP contribution in [0, 0.1) is 5.82 Å². The number of aromatic amines is 1. The summed E-state index contributed by atoms with van der Waals surface area (Å²) >= 11 is 3.24. The molecule has 0 unspecified atom stereocenters. The molecule has 0 amide bonds. The predicted molar refractivity (Wildman–Crippen MR) is 77.9 cm³/mol. The fourth-order valence-electron chi connectivity index (χ4n) is 2.01. The first-order valence-corrected chi connectivity index (χ1v) is 8.04. The largest absolute Gasteiger partial charge is 0.344 e. The van der Waals surface area contributed by atoms with Crippen LogP contribution >= 0.6 is 15.9 Å². The first kappa shape index (κ1) is 13.3. The van der Waals surface area contributed by atoms with Crippen molar-refractivity contribution in [3.05, 3.63) is 58.8 Å². The Morgan fingerprint density at radius 2 is 1.75 bits per heavy atom. The summed E-state index contributed by atoms with van der Waals surface area (Å²) in [6, 6.07) is 12.2. The van der Waals surface area contributed by atoms with Crippen LogP contribution in [-0.4, -0.2) is 13.4 Å². The highest BCUT2D eigenvalue weighted by Gasteiger charge is 2.24. The van der Waals surface area contributed by atoms with Gasteiger partial charge >= 0.3 is 0 Å². The smallest absolute Gasteiger partial charge is 0.222 e. The number of halogens is 2. The number of benzene rings is 2. The number of aromatic nitrogens is 1. The van der Waals surface area contributed by atoms with Gasteiger partial charge in [0, 0.05) is 10.9 Å². The van der Waals surface area contributed by atoms with Crippen molar-refractivity contribution in [2.45, 2.75) is 9.92 Å². The third-order valence-corrected chi connectivity index (χ3v) is 5.81. The topological polar surface area (TPSA) is 49.9 Å². The van der Waals surface area contributed by atoms with E-state index in [9.17, 15) is 12.8 Å². The molecular weight excluding hydrogens is 345 g/mol. The van der Waals surface area contributed by atoms with Gasteiger partial charge in [-0.3, -0.25) is 0 Å². The van der Waals surface area contributed by atoms with Crippen molar-refractivity contribution in [1.82, 2.24) is 4.98 Å². The summed E-state index contributed by atoms with van der Waals surface area (Å²) in [5.74, 6) is -0.416. The highest BCUT2D eigenvalue weighted by molar-refractivity contribution is 9.10. The number of H-pyrrole nitrogens is 1. The molecule has 0 bridgehead atoms. The lowest BCUT2D eigenvalue weighted by molar-refractivity contribution is 0.593. The van der Waals surface area contributed by atoms with Crippen LogP contribution in [0.15, 0.2) is 62.9 Å². The summed E-state index contributed by atoms with van der Waals surface area (Å²) in [6.45, 7) is 0. The number of fused-ring (bicyclic) bond motifs is 1. The Morgan fingerprint density at radius 1 is 1.05 bits per heavy atom. The van der Waals surface area contributed by atoms with E-state index in [4.69, 9.17) is 0 Å². The third kappa shape index (κ3) is 2.05. The van der Waals surface area contributed by atoms with E-state index in [-0.39, 0.29) is 9.92 Å². The number of hydrogen-bond donors (Lipinski definition) is 1. The monoisotopic (exact) mass is 353 g/mol. The third-order valence-electron chi connectivity index (χ3n) is 2.99. The van der Waals surface area contributed by atoms with Crippen LogP contribution in [0.1, 0.15) is 0 Å². The molecule has 1 aromatic heterocycles. The van der Waals surface area contributed by atoms with Crippen LogP contribution in [-0.2, 0) is 9.84 Å². The quantitative estimate of drug-likeness (QED) is 0.759. The SMILES string of the molecule is O=S(=O)(c1ccccc1)c1[nH]c2ccc(F)cc2c1Br. The van der Waals surface area contributed by atoms with Crippen LogP contribution < -0.4 is 0 Å². The highest BCUT2D eigenvalue weighted by atomic mass is 79.9. The predicted octanol–water partition coefficient (Wildman–Crippen LogP) is 3.90. The zero-order valence-corrected chi connectivity index (χ0v) is 12.5. The van der Waals surface area contributed by atoms with Gasteiger partial charge in [-0.2, -0.15) is 0 Å². The Morgan fingerprint density at radius 3 is 2.45 bits per heavy atom. The van der Waals surface area contributed by atoms with E-state index in [0.29, 0.717) is 15.4 Å². The molecular formula is C14H9BrFNO2S. The van der Waals surface area contributed by atoms with Crippen molar-refractivity contribution < 1.29 is 12.8 Å². The Bertz CT molecular complexity index is 888. The van der Waals surface area contributed by atoms with Crippen LogP contribution in [0.5, 0.6) is 0 Å². The zero-order valence-electron chi connectivity index (χ0n) is 10.1. The Labute approximate surface area is 123 Å². The molecule has 1 heterocycles. The van der Waals surface area contributed by atoms with Crippen molar-refractivity contribution >= 4 is 36.7 Å². The van der Waals surface area contributed by atoms with Gasteiger partial charge in [-0.15, -0.1) is 0 Å². The molecule has 3 rings (SSSR count). The van der Waals surface area contributed by atoms with Crippen LogP contribution in [0.4, 0.5) is 4.39 Å². The molecule has 0 radical (unpaired) electrons. The van der Waals surface area contributed by atoms with Gasteiger partial charge in [0.15, 0.2) is 5.03 Å². The van der Waals surface area contributed by atoms with Gasteiger partial charge in [-0.05, 0) is 46.3 Å². The minimum absolute atomic E-state index is 0.0318. The lowest BCUT2D eigenvalue weighted by Gasteiger charge is -2.02. The van der Waals surface area contributed by atoms with Gasteiger partial charge < -0.3 is 4.98 Å². The normalized spacial score (nSPS) is 11.9. The molecule has 0 saturated carbocycles. The second-order valence-electron chi connectivity index (χ2n) is 4.27. The van der Waals surface area contributed by atoms with Gasteiger partial charge in [-0.1, -0.05) is 18.2 Å². The van der Waals surface area contributed by atoms with Crippen molar-refractivity contribution in [2.75, 3.05) is 0 Å². The molecule has 0 spiro atoms. The second-order valence-corrected chi connectivity index (χ2v) is 6.95. The van der Waals surface area contributed by atoms with E-state index in [2.05, 4.69) is 20.9 Å². The molecule has 1 N–H and O–H groups in total. The lowest BCUT2D eigenvalue weighted by atomic mass is 10.2. The first-order valence-electron chi connectivity index (χ1n) is 5.77. The average molecular weight is 354 g/mol. The maximum atomic E-state index is 13.3. The summed E-state index contributed by atoms with van der Waals surface area (Å²) in [5.41, 5.74) is 0.563. The summed E-state index contributed by atoms with van der Waals surface area (Å²) in [5, 5.41) is 0.531. The fraction of sp³-hybridized carbons (Fsp3) is 0.